The lowest BCUT2D eigenvalue weighted by atomic mass is 9.86. The fraction of sp³-hybridized carbons (Fsp3) is 0.353. The molecule has 45 heavy (non-hydrogen) atoms. The second kappa shape index (κ2) is 12.9. The van der Waals surface area contributed by atoms with E-state index >= 15 is 0 Å². The standard InChI is InChI=1S/C34H38N4O7/c1-7-37(16-8-9-33(42)45-38-31(40)14-15-32(38)41)26-20-27(39)25(19-30(26)43-6)34-23-12-10-21(35(2)3)17-28(23)44-29-18-22(36(4)5)11-13-24(29)34/h10-13,17-20H,7-9,14-16H2,1-6H3. The van der Waals surface area contributed by atoms with Gasteiger partial charge in [0.1, 0.15) is 17.3 Å². The van der Waals surface area contributed by atoms with E-state index < -0.39 is 17.8 Å². The maximum atomic E-state index is 13.9. The molecule has 1 saturated heterocycles. The number of carbonyl (C=O) groups excluding carboxylic acids is 4. The van der Waals surface area contributed by atoms with Gasteiger partial charge in [-0.3, -0.25) is 14.4 Å². The molecule has 0 N–H and O–H groups in total. The third kappa shape index (κ3) is 6.29. The number of carbonyl (C=O) groups is 4. The minimum absolute atomic E-state index is 0.00639. The highest BCUT2D eigenvalue weighted by Gasteiger charge is 2.33. The van der Waals surface area contributed by atoms with Gasteiger partial charge < -0.3 is 29.0 Å². The molecule has 2 heterocycles. The number of allylic oxidation sites excluding steroid dienone is 3. The molecular weight excluding hydrogens is 576 g/mol. The number of hydrogen-bond acceptors (Lipinski definition) is 10. The number of fused-ring (bicyclic) bond motifs is 2. The number of benzene rings is 2. The van der Waals surface area contributed by atoms with E-state index in [9.17, 15) is 19.2 Å². The molecule has 236 valence electrons. The number of nitrogens with zero attached hydrogens (tertiary/aromatic N) is 4. The number of ketones is 1. The first-order valence-electron chi connectivity index (χ1n) is 14.9. The first kappa shape index (κ1) is 31.4. The predicted octanol–water partition coefficient (Wildman–Crippen LogP) is 4.43. The number of imide groups is 1. The van der Waals surface area contributed by atoms with Gasteiger partial charge in [0.2, 0.25) is 0 Å². The van der Waals surface area contributed by atoms with Crippen LogP contribution in [-0.4, -0.2) is 81.9 Å². The van der Waals surface area contributed by atoms with Crippen LogP contribution in [0.15, 0.2) is 65.6 Å². The molecule has 0 bridgehead atoms. The summed E-state index contributed by atoms with van der Waals surface area (Å²) in [7, 11) is 9.41. The Labute approximate surface area is 262 Å². The number of anilines is 2. The molecule has 11 heteroatoms. The molecule has 2 aliphatic heterocycles. The summed E-state index contributed by atoms with van der Waals surface area (Å²) in [5.74, 6) is -0.0518. The molecule has 2 aromatic rings. The number of ether oxygens (including phenoxy) is 2. The lowest BCUT2D eigenvalue weighted by Gasteiger charge is -2.31. The van der Waals surface area contributed by atoms with Crippen molar-refractivity contribution in [3.63, 3.8) is 0 Å². The average Bonchev–Trinajstić information content (AvgIpc) is 3.33. The highest BCUT2D eigenvalue weighted by molar-refractivity contribution is 6.16. The Balaban J connectivity index is 1.44. The van der Waals surface area contributed by atoms with Crippen molar-refractivity contribution in [2.75, 3.05) is 58.2 Å². The smallest absolute Gasteiger partial charge is 0.333 e. The quantitative estimate of drug-likeness (QED) is 0.240. The number of methoxy groups -OCH3 is 1. The van der Waals surface area contributed by atoms with Crippen molar-refractivity contribution < 1.29 is 33.5 Å². The summed E-state index contributed by atoms with van der Waals surface area (Å²) in [6.45, 7) is 2.91. The summed E-state index contributed by atoms with van der Waals surface area (Å²) in [5.41, 5.74) is 5.39. The van der Waals surface area contributed by atoms with Crippen LogP contribution in [-0.2, 0) is 28.8 Å². The highest BCUT2D eigenvalue weighted by atomic mass is 16.7. The average molecular weight is 615 g/mol. The van der Waals surface area contributed by atoms with Crippen LogP contribution in [0.3, 0.4) is 0 Å². The molecule has 5 rings (SSSR count). The minimum atomic E-state index is -0.662. The Morgan fingerprint density at radius 3 is 1.98 bits per heavy atom. The first-order chi connectivity index (χ1) is 21.5. The molecule has 3 aliphatic rings. The fourth-order valence-corrected chi connectivity index (χ4v) is 5.54. The zero-order valence-electron chi connectivity index (χ0n) is 26.5. The van der Waals surface area contributed by atoms with Crippen molar-refractivity contribution in [3.8, 4) is 11.5 Å². The van der Waals surface area contributed by atoms with Gasteiger partial charge in [0.15, 0.2) is 5.78 Å². The van der Waals surface area contributed by atoms with Crippen molar-refractivity contribution in [2.45, 2.75) is 32.6 Å². The van der Waals surface area contributed by atoms with Crippen molar-refractivity contribution in [3.05, 3.63) is 76.7 Å². The van der Waals surface area contributed by atoms with Crippen LogP contribution in [0.25, 0.3) is 5.57 Å². The monoisotopic (exact) mass is 614 g/mol. The van der Waals surface area contributed by atoms with E-state index in [1.807, 2.05) is 86.2 Å². The molecule has 0 atom stereocenters. The summed E-state index contributed by atoms with van der Waals surface area (Å²) in [6.07, 6.45) is 3.80. The number of amides is 2. The third-order valence-electron chi connectivity index (χ3n) is 8.00. The molecule has 2 amide bonds. The molecule has 11 nitrogen and oxygen atoms in total. The van der Waals surface area contributed by atoms with Gasteiger partial charge in [-0.1, -0.05) is 0 Å². The Morgan fingerprint density at radius 1 is 0.889 bits per heavy atom. The van der Waals surface area contributed by atoms with Crippen LogP contribution in [0, 0.1) is 0 Å². The van der Waals surface area contributed by atoms with Gasteiger partial charge in [0.25, 0.3) is 11.8 Å². The van der Waals surface area contributed by atoms with E-state index in [-0.39, 0.29) is 25.0 Å². The largest absolute Gasteiger partial charge is 0.495 e. The molecule has 2 aromatic carbocycles. The number of rotatable bonds is 10. The molecule has 0 saturated carbocycles. The van der Waals surface area contributed by atoms with Crippen LogP contribution in [0.5, 0.6) is 11.5 Å². The SMILES string of the molecule is CCN(CCCC(=O)ON1C(=O)CCC1=O)C1=CC(=O)C(=C2c3ccc(N(C)C)cc3Oc3cc(N(C)C)ccc32)C=C1OC. The topological polar surface area (TPSA) is 109 Å². The number of hydroxylamine groups is 2. The van der Waals surface area contributed by atoms with Gasteiger partial charge in [0.05, 0.1) is 12.8 Å². The number of hydrogen-bond donors (Lipinski definition) is 0. The van der Waals surface area contributed by atoms with Gasteiger partial charge >= 0.3 is 5.97 Å². The van der Waals surface area contributed by atoms with Crippen LogP contribution in [0.2, 0.25) is 0 Å². The van der Waals surface area contributed by atoms with Gasteiger partial charge in [-0.05, 0) is 43.7 Å². The van der Waals surface area contributed by atoms with Crippen LogP contribution in [0.4, 0.5) is 11.4 Å². The summed E-state index contributed by atoms with van der Waals surface area (Å²) < 4.78 is 12.2. The second-order valence-corrected chi connectivity index (χ2v) is 11.4. The zero-order chi connectivity index (χ0) is 32.4. The lowest BCUT2D eigenvalue weighted by molar-refractivity contribution is -0.197. The van der Waals surface area contributed by atoms with Crippen molar-refractivity contribution in [1.29, 1.82) is 0 Å². The summed E-state index contributed by atoms with van der Waals surface area (Å²) in [4.78, 5) is 60.7. The number of likely N-dealkylation sites (N-methyl/N-ethyl adjacent to an activating group) is 1. The zero-order valence-corrected chi connectivity index (χ0v) is 26.5. The molecule has 1 fully saturated rings. The maximum absolute atomic E-state index is 13.9. The lowest BCUT2D eigenvalue weighted by Crippen LogP contribution is -2.32. The Bertz CT molecular complexity index is 1580. The van der Waals surface area contributed by atoms with E-state index in [4.69, 9.17) is 14.3 Å². The molecule has 0 aromatic heterocycles. The molecule has 1 aliphatic carbocycles. The van der Waals surface area contributed by atoms with E-state index in [0.29, 0.717) is 53.1 Å². The van der Waals surface area contributed by atoms with Crippen molar-refractivity contribution in [2.24, 2.45) is 0 Å². The van der Waals surface area contributed by atoms with E-state index in [2.05, 4.69) is 0 Å². The predicted molar refractivity (Wildman–Crippen MR) is 169 cm³/mol. The van der Waals surface area contributed by atoms with Gasteiger partial charge in [-0.25, -0.2) is 4.79 Å². The van der Waals surface area contributed by atoms with Gasteiger partial charge in [-0.15, -0.1) is 5.06 Å². The Morgan fingerprint density at radius 2 is 1.47 bits per heavy atom. The Hall–Kier alpha value is -5.06. The molecular formula is C34H38N4O7. The van der Waals surface area contributed by atoms with Gasteiger partial charge in [-0.2, -0.15) is 0 Å². The van der Waals surface area contributed by atoms with E-state index in [1.54, 1.807) is 19.3 Å². The highest BCUT2D eigenvalue weighted by Crippen LogP contribution is 2.48. The third-order valence-corrected chi connectivity index (χ3v) is 8.00. The minimum Gasteiger partial charge on any atom is -0.495 e. The molecule has 0 unspecified atom stereocenters. The first-order valence-corrected chi connectivity index (χ1v) is 14.9. The van der Waals surface area contributed by atoms with Crippen molar-refractivity contribution in [1.82, 2.24) is 9.96 Å². The van der Waals surface area contributed by atoms with Crippen molar-refractivity contribution >= 4 is 40.5 Å². The fourth-order valence-electron chi connectivity index (χ4n) is 5.54. The molecule has 0 radical (unpaired) electrons. The van der Waals surface area contributed by atoms with Crippen LogP contribution < -0.4 is 14.5 Å². The second-order valence-electron chi connectivity index (χ2n) is 11.4. The molecule has 0 spiro atoms. The van der Waals surface area contributed by atoms with E-state index in [0.717, 1.165) is 28.1 Å². The van der Waals surface area contributed by atoms with Gasteiger partial charge in [0, 0.05) is 112 Å². The summed E-state index contributed by atoms with van der Waals surface area (Å²) in [6, 6.07) is 11.9. The van der Waals surface area contributed by atoms with E-state index in [1.165, 1.54) is 0 Å². The maximum Gasteiger partial charge on any atom is 0.333 e. The summed E-state index contributed by atoms with van der Waals surface area (Å²) in [5, 5.41) is 0.554. The van der Waals surface area contributed by atoms with Crippen LogP contribution >= 0.6 is 0 Å². The summed E-state index contributed by atoms with van der Waals surface area (Å²) >= 11 is 0. The normalized spacial score (nSPS) is 15.6. The van der Waals surface area contributed by atoms with Crippen LogP contribution in [0.1, 0.15) is 43.7 Å². The Kier molecular flexibility index (Phi) is 8.99.